The zero-order chi connectivity index (χ0) is 13.0. The van der Waals surface area contributed by atoms with Crippen molar-refractivity contribution in [1.82, 2.24) is 5.32 Å². The first kappa shape index (κ1) is 13.6. The fourth-order valence-corrected chi connectivity index (χ4v) is 2.59. The molecule has 1 fully saturated rings. The highest BCUT2D eigenvalue weighted by Crippen LogP contribution is 2.41. The molecule has 2 atom stereocenters. The molecule has 100 valence electrons. The highest BCUT2D eigenvalue weighted by Gasteiger charge is 2.32. The zero-order valence-electron chi connectivity index (χ0n) is 11.5. The smallest absolute Gasteiger partial charge is 0.0664 e. The molecular formula is C16H25NO. The number of nitrogens with one attached hydrogen (secondary N) is 1. The topological polar surface area (TPSA) is 32.3 Å². The molecule has 0 aromatic heterocycles. The molecule has 0 bridgehead atoms. The molecule has 2 nitrogen and oxygen atoms in total. The Morgan fingerprint density at radius 3 is 2.67 bits per heavy atom. The lowest BCUT2D eigenvalue weighted by molar-refractivity contribution is 0.154. The maximum absolute atomic E-state index is 9.85. The average molecular weight is 247 g/mol. The minimum atomic E-state index is -0.208. The van der Waals surface area contributed by atoms with E-state index in [0.717, 1.165) is 18.8 Å². The van der Waals surface area contributed by atoms with E-state index in [1.165, 1.54) is 24.0 Å². The van der Waals surface area contributed by atoms with E-state index in [0.29, 0.717) is 12.6 Å². The van der Waals surface area contributed by atoms with Crippen LogP contribution in [0.3, 0.4) is 0 Å². The second-order valence-corrected chi connectivity index (χ2v) is 5.52. The van der Waals surface area contributed by atoms with Crippen molar-refractivity contribution in [2.24, 2.45) is 5.92 Å². The number of benzene rings is 1. The third kappa shape index (κ3) is 3.56. The number of rotatable bonds is 7. The SMILES string of the molecule is CCCC(O)CNC(c1ccccc1C)C1CC1. The van der Waals surface area contributed by atoms with Crippen molar-refractivity contribution in [2.45, 2.75) is 51.7 Å². The molecule has 18 heavy (non-hydrogen) atoms. The Kier molecular flexibility index (Phi) is 4.79. The van der Waals surface area contributed by atoms with Crippen LogP contribution in [0.2, 0.25) is 0 Å². The minimum absolute atomic E-state index is 0.208. The molecule has 0 saturated heterocycles. The van der Waals surface area contributed by atoms with E-state index < -0.39 is 0 Å². The normalized spacial score (nSPS) is 18.6. The lowest BCUT2D eigenvalue weighted by Crippen LogP contribution is -2.31. The van der Waals surface area contributed by atoms with Crippen molar-refractivity contribution >= 4 is 0 Å². The van der Waals surface area contributed by atoms with Crippen molar-refractivity contribution in [3.63, 3.8) is 0 Å². The Bertz CT molecular complexity index is 373. The lowest BCUT2D eigenvalue weighted by atomic mass is 9.97. The Labute approximate surface area is 110 Å². The summed E-state index contributed by atoms with van der Waals surface area (Å²) in [6, 6.07) is 9.03. The fraction of sp³-hybridized carbons (Fsp3) is 0.625. The molecule has 0 spiro atoms. The van der Waals surface area contributed by atoms with E-state index in [1.54, 1.807) is 0 Å². The molecule has 1 aliphatic carbocycles. The van der Waals surface area contributed by atoms with E-state index in [2.05, 4.69) is 43.4 Å². The standard InChI is InChI=1S/C16H25NO/c1-3-6-14(18)11-17-16(13-9-10-13)15-8-5-4-7-12(15)2/h4-5,7-8,13-14,16-18H,3,6,9-11H2,1-2H3. The van der Waals surface area contributed by atoms with Gasteiger partial charge >= 0.3 is 0 Å². The van der Waals surface area contributed by atoms with Crippen LogP contribution in [0.5, 0.6) is 0 Å². The average Bonchev–Trinajstić information content (AvgIpc) is 3.16. The minimum Gasteiger partial charge on any atom is -0.392 e. The van der Waals surface area contributed by atoms with Crippen LogP contribution < -0.4 is 5.32 Å². The fourth-order valence-electron chi connectivity index (χ4n) is 2.59. The number of aliphatic hydroxyl groups is 1. The molecule has 0 heterocycles. The summed E-state index contributed by atoms with van der Waals surface area (Å²) in [6.45, 7) is 5.00. The van der Waals surface area contributed by atoms with Crippen molar-refractivity contribution in [2.75, 3.05) is 6.54 Å². The molecule has 0 radical (unpaired) electrons. The van der Waals surface area contributed by atoms with Crippen LogP contribution in [-0.2, 0) is 0 Å². The maximum atomic E-state index is 9.85. The first-order valence-corrected chi connectivity index (χ1v) is 7.19. The van der Waals surface area contributed by atoms with Gasteiger partial charge < -0.3 is 10.4 Å². The second kappa shape index (κ2) is 6.35. The lowest BCUT2D eigenvalue weighted by Gasteiger charge is -2.22. The van der Waals surface area contributed by atoms with Gasteiger partial charge in [0.2, 0.25) is 0 Å². The van der Waals surface area contributed by atoms with Crippen LogP contribution in [0.25, 0.3) is 0 Å². The Morgan fingerprint density at radius 1 is 1.33 bits per heavy atom. The van der Waals surface area contributed by atoms with E-state index in [4.69, 9.17) is 0 Å². The number of hydrogen-bond donors (Lipinski definition) is 2. The van der Waals surface area contributed by atoms with Crippen LogP contribution in [0.1, 0.15) is 49.8 Å². The predicted octanol–water partition coefficient (Wildman–Crippen LogP) is 3.20. The molecule has 2 N–H and O–H groups in total. The van der Waals surface area contributed by atoms with Gasteiger partial charge in [-0.1, -0.05) is 37.6 Å². The first-order valence-electron chi connectivity index (χ1n) is 7.19. The number of aliphatic hydroxyl groups excluding tert-OH is 1. The van der Waals surface area contributed by atoms with Gasteiger partial charge in [0.15, 0.2) is 0 Å². The van der Waals surface area contributed by atoms with Crippen molar-refractivity contribution in [3.05, 3.63) is 35.4 Å². The number of aryl methyl sites for hydroxylation is 1. The zero-order valence-corrected chi connectivity index (χ0v) is 11.5. The molecule has 0 amide bonds. The van der Waals surface area contributed by atoms with Crippen molar-refractivity contribution in [1.29, 1.82) is 0 Å². The summed E-state index contributed by atoms with van der Waals surface area (Å²) in [5, 5.41) is 13.4. The largest absolute Gasteiger partial charge is 0.392 e. The van der Waals surface area contributed by atoms with Gasteiger partial charge in [0.05, 0.1) is 6.10 Å². The van der Waals surface area contributed by atoms with Crippen LogP contribution in [0.15, 0.2) is 24.3 Å². The van der Waals surface area contributed by atoms with Gasteiger partial charge in [-0.3, -0.25) is 0 Å². The highest BCUT2D eigenvalue weighted by molar-refractivity contribution is 5.30. The molecule has 1 aliphatic rings. The molecule has 2 unspecified atom stereocenters. The summed E-state index contributed by atoms with van der Waals surface area (Å²) < 4.78 is 0. The molecule has 2 rings (SSSR count). The third-order valence-corrected chi connectivity index (χ3v) is 3.81. The molecule has 1 saturated carbocycles. The van der Waals surface area contributed by atoms with Gasteiger partial charge in [0, 0.05) is 12.6 Å². The van der Waals surface area contributed by atoms with E-state index in [-0.39, 0.29) is 6.10 Å². The summed E-state index contributed by atoms with van der Waals surface area (Å²) in [5.41, 5.74) is 2.76. The van der Waals surface area contributed by atoms with E-state index in [9.17, 15) is 5.11 Å². The third-order valence-electron chi connectivity index (χ3n) is 3.81. The van der Waals surface area contributed by atoms with Gasteiger partial charge in [0.25, 0.3) is 0 Å². The Hall–Kier alpha value is -0.860. The van der Waals surface area contributed by atoms with Crippen LogP contribution in [-0.4, -0.2) is 17.8 Å². The van der Waals surface area contributed by atoms with Gasteiger partial charge in [-0.15, -0.1) is 0 Å². The van der Waals surface area contributed by atoms with E-state index in [1.807, 2.05) is 0 Å². The van der Waals surface area contributed by atoms with E-state index >= 15 is 0 Å². The molecule has 1 aromatic rings. The Balaban J connectivity index is 1.98. The van der Waals surface area contributed by atoms with Crippen LogP contribution in [0, 0.1) is 12.8 Å². The maximum Gasteiger partial charge on any atom is 0.0664 e. The van der Waals surface area contributed by atoms with Crippen molar-refractivity contribution < 1.29 is 5.11 Å². The number of hydrogen-bond acceptors (Lipinski definition) is 2. The molecular weight excluding hydrogens is 222 g/mol. The molecule has 0 aliphatic heterocycles. The molecule has 2 heteroatoms. The summed E-state index contributed by atoms with van der Waals surface area (Å²) in [7, 11) is 0. The van der Waals surface area contributed by atoms with Crippen LogP contribution >= 0.6 is 0 Å². The second-order valence-electron chi connectivity index (χ2n) is 5.52. The van der Waals surface area contributed by atoms with Crippen molar-refractivity contribution in [3.8, 4) is 0 Å². The first-order chi connectivity index (χ1) is 8.72. The monoisotopic (exact) mass is 247 g/mol. The quantitative estimate of drug-likeness (QED) is 0.775. The van der Waals surface area contributed by atoms with Gasteiger partial charge in [-0.2, -0.15) is 0 Å². The summed E-state index contributed by atoms with van der Waals surface area (Å²) in [5.74, 6) is 0.764. The highest BCUT2D eigenvalue weighted by atomic mass is 16.3. The summed E-state index contributed by atoms with van der Waals surface area (Å²) in [6.07, 6.45) is 4.35. The van der Waals surface area contributed by atoms with Gasteiger partial charge in [-0.05, 0) is 43.2 Å². The Morgan fingerprint density at radius 2 is 2.06 bits per heavy atom. The summed E-state index contributed by atoms with van der Waals surface area (Å²) >= 11 is 0. The van der Waals surface area contributed by atoms with Gasteiger partial charge in [0.1, 0.15) is 0 Å². The summed E-state index contributed by atoms with van der Waals surface area (Å²) in [4.78, 5) is 0. The predicted molar refractivity (Wildman–Crippen MR) is 75.6 cm³/mol. The van der Waals surface area contributed by atoms with Crippen LogP contribution in [0.4, 0.5) is 0 Å². The van der Waals surface area contributed by atoms with Gasteiger partial charge in [-0.25, -0.2) is 0 Å². The molecule has 1 aromatic carbocycles.